The van der Waals surface area contributed by atoms with Crippen LogP contribution in [0.1, 0.15) is 33.6 Å². The predicted molar refractivity (Wildman–Crippen MR) is 128 cm³/mol. The summed E-state index contributed by atoms with van der Waals surface area (Å²) in [5.74, 6) is 0.875. The topological polar surface area (TPSA) is 116 Å². The molecule has 9 nitrogen and oxygen atoms in total. The molecule has 1 aromatic heterocycles. The molecule has 3 N–H and O–H groups in total. The fourth-order valence-corrected chi connectivity index (χ4v) is 4.04. The number of amides is 1. The van der Waals surface area contributed by atoms with Crippen molar-refractivity contribution in [2.45, 2.75) is 44.6 Å². The van der Waals surface area contributed by atoms with Gasteiger partial charge in [-0.25, -0.2) is 13.1 Å². The molecule has 30 heavy (non-hydrogen) atoms. The van der Waals surface area contributed by atoms with Crippen LogP contribution in [0.15, 0.2) is 34.4 Å². The standard InChI is InChI=1S/C19H32N6O3S.HI/c1-4-21-19(24-16-7-12-25(13-8-16)18(26)15(2)3)22-10-11-23-29(27,28)17-6-5-9-20-14-17;/h5-6,9,14-16,23H,4,7-8,10-13H2,1-3H3,(H2,21,22,24);1H. The molecule has 0 radical (unpaired) electrons. The predicted octanol–water partition coefficient (Wildman–Crippen LogP) is 1.18. The summed E-state index contributed by atoms with van der Waals surface area (Å²) < 4.78 is 26.9. The van der Waals surface area contributed by atoms with E-state index in [1.54, 1.807) is 6.07 Å². The molecular weight excluding hydrogens is 519 g/mol. The average Bonchev–Trinajstić information content (AvgIpc) is 2.72. The zero-order chi connectivity index (χ0) is 21.3. The number of rotatable bonds is 8. The molecule has 0 bridgehead atoms. The van der Waals surface area contributed by atoms with Gasteiger partial charge in [0.2, 0.25) is 15.9 Å². The van der Waals surface area contributed by atoms with E-state index in [0.29, 0.717) is 19.0 Å². The van der Waals surface area contributed by atoms with Gasteiger partial charge >= 0.3 is 0 Å². The number of hydrogen-bond donors (Lipinski definition) is 3. The number of guanidine groups is 1. The molecule has 11 heteroatoms. The van der Waals surface area contributed by atoms with Crippen LogP contribution in [0.4, 0.5) is 0 Å². The monoisotopic (exact) mass is 552 g/mol. The van der Waals surface area contributed by atoms with Gasteiger partial charge in [0.15, 0.2) is 5.96 Å². The first-order chi connectivity index (χ1) is 13.8. The normalized spacial score (nSPS) is 15.6. The van der Waals surface area contributed by atoms with Crippen molar-refractivity contribution in [1.82, 2.24) is 25.2 Å². The second-order valence-electron chi connectivity index (χ2n) is 7.25. The molecule has 2 heterocycles. The first kappa shape index (κ1) is 26.6. The van der Waals surface area contributed by atoms with E-state index in [0.717, 1.165) is 25.9 Å². The summed E-state index contributed by atoms with van der Waals surface area (Å²) in [6.07, 6.45) is 4.56. The van der Waals surface area contributed by atoms with Gasteiger partial charge in [-0.1, -0.05) is 13.8 Å². The van der Waals surface area contributed by atoms with Crippen molar-refractivity contribution in [3.8, 4) is 0 Å². The van der Waals surface area contributed by atoms with Crippen molar-refractivity contribution in [1.29, 1.82) is 0 Å². The highest BCUT2D eigenvalue weighted by molar-refractivity contribution is 14.0. The third-order valence-corrected chi connectivity index (χ3v) is 6.05. The van der Waals surface area contributed by atoms with E-state index < -0.39 is 10.0 Å². The number of halogens is 1. The smallest absolute Gasteiger partial charge is 0.242 e. The maximum absolute atomic E-state index is 12.2. The minimum atomic E-state index is -3.58. The van der Waals surface area contributed by atoms with Crippen molar-refractivity contribution in [3.05, 3.63) is 24.5 Å². The van der Waals surface area contributed by atoms with Crippen LogP contribution in [0.2, 0.25) is 0 Å². The van der Waals surface area contributed by atoms with Gasteiger partial charge in [-0.3, -0.25) is 14.8 Å². The van der Waals surface area contributed by atoms with Crippen LogP contribution >= 0.6 is 24.0 Å². The van der Waals surface area contributed by atoms with Crippen molar-refractivity contribution in [3.63, 3.8) is 0 Å². The van der Waals surface area contributed by atoms with Gasteiger partial charge in [0, 0.05) is 50.5 Å². The van der Waals surface area contributed by atoms with E-state index in [1.807, 2.05) is 25.7 Å². The van der Waals surface area contributed by atoms with Crippen LogP contribution in [-0.2, 0) is 14.8 Å². The quantitative estimate of drug-likeness (QED) is 0.193. The van der Waals surface area contributed by atoms with E-state index >= 15 is 0 Å². The second kappa shape index (κ2) is 13.1. The van der Waals surface area contributed by atoms with E-state index in [-0.39, 0.29) is 53.3 Å². The van der Waals surface area contributed by atoms with Crippen LogP contribution in [0, 0.1) is 5.92 Å². The Labute approximate surface area is 196 Å². The molecule has 2 rings (SSSR count). The molecule has 0 atom stereocenters. The lowest BCUT2D eigenvalue weighted by Crippen LogP contribution is -2.50. The number of carbonyl (C=O) groups is 1. The largest absolute Gasteiger partial charge is 0.357 e. The van der Waals surface area contributed by atoms with E-state index in [4.69, 9.17) is 0 Å². The van der Waals surface area contributed by atoms with Gasteiger partial charge in [-0.15, -0.1) is 24.0 Å². The summed E-state index contributed by atoms with van der Waals surface area (Å²) in [7, 11) is -3.58. The Morgan fingerprint density at radius 2 is 2.03 bits per heavy atom. The van der Waals surface area contributed by atoms with Crippen LogP contribution in [-0.4, -0.2) is 68.9 Å². The number of hydrogen-bond acceptors (Lipinski definition) is 5. The molecule has 170 valence electrons. The Hall–Kier alpha value is -1.47. The number of pyridine rings is 1. The first-order valence-electron chi connectivity index (χ1n) is 10.1. The zero-order valence-corrected chi connectivity index (χ0v) is 20.9. The highest BCUT2D eigenvalue weighted by atomic mass is 127. The fraction of sp³-hybridized carbons (Fsp3) is 0.632. The highest BCUT2D eigenvalue weighted by Gasteiger charge is 2.24. The lowest BCUT2D eigenvalue weighted by atomic mass is 10.0. The Balaban J connectivity index is 0.00000450. The number of nitrogens with one attached hydrogen (secondary N) is 3. The summed E-state index contributed by atoms with van der Waals surface area (Å²) in [6, 6.07) is 3.32. The van der Waals surface area contributed by atoms with E-state index in [9.17, 15) is 13.2 Å². The average molecular weight is 552 g/mol. The van der Waals surface area contributed by atoms with Gasteiger partial charge < -0.3 is 15.5 Å². The molecule has 0 aromatic carbocycles. The van der Waals surface area contributed by atoms with Crippen LogP contribution in [0.3, 0.4) is 0 Å². The number of nitrogens with zero attached hydrogens (tertiary/aromatic N) is 3. The summed E-state index contributed by atoms with van der Waals surface area (Å²) in [4.78, 5) is 22.4. The van der Waals surface area contributed by atoms with Gasteiger partial charge in [0.05, 0.1) is 6.54 Å². The third-order valence-electron chi connectivity index (χ3n) is 4.60. The van der Waals surface area contributed by atoms with Crippen LogP contribution in [0.25, 0.3) is 0 Å². The maximum atomic E-state index is 12.2. The summed E-state index contributed by atoms with van der Waals surface area (Å²) in [5, 5.41) is 6.57. The number of piperidine rings is 1. The molecular formula is C19H33IN6O3S. The zero-order valence-electron chi connectivity index (χ0n) is 17.8. The molecule has 1 saturated heterocycles. The molecule has 1 aliphatic rings. The summed E-state index contributed by atoms with van der Waals surface area (Å²) >= 11 is 0. The minimum absolute atomic E-state index is 0. The van der Waals surface area contributed by atoms with Crippen LogP contribution < -0.4 is 15.4 Å². The van der Waals surface area contributed by atoms with E-state index in [1.165, 1.54) is 18.5 Å². The molecule has 0 saturated carbocycles. The summed E-state index contributed by atoms with van der Waals surface area (Å²) in [6.45, 7) is 8.49. The Morgan fingerprint density at radius 3 is 2.60 bits per heavy atom. The van der Waals surface area contributed by atoms with Crippen LogP contribution in [0.5, 0.6) is 0 Å². The maximum Gasteiger partial charge on any atom is 0.242 e. The lowest BCUT2D eigenvalue weighted by molar-refractivity contribution is -0.135. The molecule has 1 aromatic rings. The molecule has 1 aliphatic heterocycles. The fourth-order valence-electron chi connectivity index (χ4n) is 3.06. The Bertz CT molecular complexity index is 781. The molecule has 1 amide bonds. The third kappa shape index (κ3) is 8.34. The van der Waals surface area contributed by atoms with Gasteiger partial charge in [-0.05, 0) is 31.9 Å². The van der Waals surface area contributed by atoms with Crippen molar-refractivity contribution < 1.29 is 13.2 Å². The van der Waals surface area contributed by atoms with Gasteiger partial charge in [0.25, 0.3) is 0 Å². The van der Waals surface area contributed by atoms with E-state index in [2.05, 4.69) is 25.3 Å². The van der Waals surface area contributed by atoms with Gasteiger partial charge in [-0.2, -0.15) is 0 Å². The first-order valence-corrected chi connectivity index (χ1v) is 11.5. The minimum Gasteiger partial charge on any atom is -0.357 e. The highest BCUT2D eigenvalue weighted by Crippen LogP contribution is 2.13. The van der Waals surface area contributed by atoms with Gasteiger partial charge in [0.1, 0.15) is 4.90 Å². The number of carbonyl (C=O) groups excluding carboxylic acids is 1. The van der Waals surface area contributed by atoms with Crippen molar-refractivity contribution in [2.75, 3.05) is 32.7 Å². The van der Waals surface area contributed by atoms with Crippen molar-refractivity contribution >= 4 is 45.9 Å². The summed E-state index contributed by atoms with van der Waals surface area (Å²) in [5.41, 5.74) is 0. The molecule has 0 spiro atoms. The lowest BCUT2D eigenvalue weighted by Gasteiger charge is -2.34. The number of sulfonamides is 1. The number of aliphatic imine (C=N–C) groups is 1. The second-order valence-corrected chi connectivity index (χ2v) is 9.01. The number of likely N-dealkylation sites (tertiary alicyclic amines) is 1. The number of aromatic nitrogens is 1. The Morgan fingerprint density at radius 1 is 1.33 bits per heavy atom. The molecule has 0 unspecified atom stereocenters. The SMILES string of the molecule is CCNC(=NCCNS(=O)(=O)c1cccnc1)NC1CCN(C(=O)C(C)C)CC1.I. The van der Waals surface area contributed by atoms with Crippen molar-refractivity contribution in [2.24, 2.45) is 10.9 Å². The molecule has 0 aliphatic carbocycles. The Kier molecular flexibility index (Phi) is 11.6. The molecule has 1 fully saturated rings.